The van der Waals surface area contributed by atoms with E-state index in [2.05, 4.69) is 196 Å². The van der Waals surface area contributed by atoms with Gasteiger partial charge >= 0.3 is 0 Å². The van der Waals surface area contributed by atoms with Crippen LogP contribution in [0.5, 0.6) is 0 Å². The topological polar surface area (TPSA) is 48.5 Å². The van der Waals surface area contributed by atoms with Crippen LogP contribution in [0.25, 0.3) is 111 Å². The number of hydrogen-bond acceptors (Lipinski definition) is 3. The lowest BCUT2D eigenvalue weighted by molar-refractivity contribution is 1.13. The third-order valence-corrected chi connectivity index (χ3v) is 11.8. The molecular weight excluding hydrogens is 731 g/mol. The van der Waals surface area contributed by atoms with Crippen molar-refractivity contribution in [3.8, 4) is 56.4 Å². The third-order valence-electron chi connectivity index (χ3n) is 11.8. The third kappa shape index (κ3) is 5.59. The summed E-state index contributed by atoms with van der Waals surface area (Å²) in [6, 6.07) is 73.2. The summed E-state index contributed by atoms with van der Waals surface area (Å²) in [5, 5.41) is 6.00. The Balaban J connectivity index is 1.09. The Kier molecular flexibility index (Phi) is 7.78. The molecule has 0 amide bonds. The first kappa shape index (κ1) is 33.9. The zero-order chi connectivity index (χ0) is 39.6. The molecule has 0 spiro atoms. The minimum Gasteiger partial charge on any atom is -0.309 e. The van der Waals surface area contributed by atoms with Gasteiger partial charge in [-0.15, -0.1) is 0 Å². The van der Waals surface area contributed by atoms with Crippen molar-refractivity contribution >= 4 is 54.5 Å². The van der Waals surface area contributed by atoms with Gasteiger partial charge in [0, 0.05) is 61.2 Å². The maximum Gasteiger partial charge on any atom is 0.160 e. The van der Waals surface area contributed by atoms with Crippen molar-refractivity contribution in [2.45, 2.75) is 0 Å². The van der Waals surface area contributed by atoms with Gasteiger partial charge in [0.05, 0.1) is 39.0 Å². The molecule has 0 saturated carbocycles. The fourth-order valence-electron chi connectivity index (χ4n) is 8.94. The zero-order valence-corrected chi connectivity index (χ0v) is 32.4. The van der Waals surface area contributed by atoms with Crippen molar-refractivity contribution in [1.29, 1.82) is 0 Å². The highest BCUT2D eigenvalue weighted by molar-refractivity contribution is 6.10. The Bertz CT molecular complexity index is 3360. The van der Waals surface area contributed by atoms with Crippen LogP contribution in [0.15, 0.2) is 212 Å². The van der Waals surface area contributed by atoms with Gasteiger partial charge in [-0.3, -0.25) is 4.98 Å². The van der Waals surface area contributed by atoms with Gasteiger partial charge in [0.1, 0.15) is 0 Å². The van der Waals surface area contributed by atoms with Crippen LogP contribution in [0.1, 0.15) is 0 Å². The second kappa shape index (κ2) is 13.8. The van der Waals surface area contributed by atoms with Crippen molar-refractivity contribution in [3.63, 3.8) is 0 Å². The van der Waals surface area contributed by atoms with Crippen molar-refractivity contribution in [2.24, 2.45) is 0 Å². The lowest BCUT2D eigenvalue weighted by Crippen LogP contribution is -2.01. The van der Waals surface area contributed by atoms with E-state index in [9.17, 15) is 0 Å². The van der Waals surface area contributed by atoms with E-state index in [0.717, 1.165) is 83.5 Å². The van der Waals surface area contributed by atoms with Gasteiger partial charge in [-0.05, 0) is 71.8 Å². The predicted octanol–water partition coefficient (Wildman–Crippen LogP) is 13.9. The second-order valence-electron chi connectivity index (χ2n) is 15.3. The van der Waals surface area contributed by atoms with E-state index in [0.29, 0.717) is 5.82 Å². The van der Waals surface area contributed by atoms with E-state index in [1.807, 2.05) is 30.5 Å². The molecule has 60 heavy (non-hydrogen) atoms. The Labute approximate surface area is 346 Å². The predicted molar refractivity (Wildman–Crippen MR) is 248 cm³/mol. The van der Waals surface area contributed by atoms with Gasteiger partial charge in [0.25, 0.3) is 0 Å². The summed E-state index contributed by atoms with van der Waals surface area (Å²) in [5.41, 5.74) is 14.6. The average Bonchev–Trinajstić information content (AvgIpc) is 3.85. The summed E-state index contributed by atoms with van der Waals surface area (Å²) in [6.45, 7) is 0. The number of aromatic nitrogens is 5. The first-order valence-corrected chi connectivity index (χ1v) is 20.3. The minimum absolute atomic E-state index is 0.675. The van der Waals surface area contributed by atoms with Gasteiger partial charge < -0.3 is 9.13 Å². The molecule has 4 aromatic heterocycles. The molecule has 0 N–H and O–H groups in total. The van der Waals surface area contributed by atoms with Crippen LogP contribution >= 0.6 is 0 Å². The number of pyridine rings is 1. The Morgan fingerprint density at radius 3 is 1.37 bits per heavy atom. The van der Waals surface area contributed by atoms with E-state index >= 15 is 0 Å². The van der Waals surface area contributed by atoms with Crippen LogP contribution in [0, 0.1) is 0 Å². The van der Waals surface area contributed by atoms with Crippen LogP contribution < -0.4 is 0 Å². The summed E-state index contributed by atoms with van der Waals surface area (Å²) in [5.74, 6) is 0.675. The van der Waals surface area contributed by atoms with Crippen LogP contribution in [0.3, 0.4) is 0 Å². The summed E-state index contributed by atoms with van der Waals surface area (Å²) in [6.07, 6.45) is 1.84. The molecule has 0 aliphatic rings. The largest absolute Gasteiger partial charge is 0.309 e. The van der Waals surface area contributed by atoms with Crippen molar-refractivity contribution in [3.05, 3.63) is 212 Å². The van der Waals surface area contributed by atoms with Crippen LogP contribution in [0.2, 0.25) is 0 Å². The zero-order valence-electron chi connectivity index (χ0n) is 32.4. The Morgan fingerprint density at radius 2 is 0.800 bits per heavy atom. The SMILES string of the molecule is c1ccc(-c2nc(-c3ccc(-c4ccc5cccnc5c4)cc3)cc(-c3cc(-n4c5ccccc5c5ccccc54)cc(-n4c5ccccc5c5ccccc54)c3)n2)cc1. The highest BCUT2D eigenvalue weighted by Gasteiger charge is 2.19. The number of fused-ring (bicyclic) bond motifs is 7. The van der Waals surface area contributed by atoms with Crippen LogP contribution in [0.4, 0.5) is 0 Å². The smallest absolute Gasteiger partial charge is 0.160 e. The summed E-state index contributed by atoms with van der Waals surface area (Å²) >= 11 is 0. The van der Waals surface area contributed by atoms with Crippen LogP contribution in [-0.2, 0) is 0 Å². The number of para-hydroxylation sites is 4. The molecule has 8 aromatic carbocycles. The van der Waals surface area contributed by atoms with Crippen molar-refractivity contribution < 1.29 is 0 Å². The van der Waals surface area contributed by atoms with Crippen molar-refractivity contribution in [1.82, 2.24) is 24.1 Å². The molecule has 0 saturated heterocycles. The lowest BCUT2D eigenvalue weighted by Gasteiger charge is -2.16. The highest BCUT2D eigenvalue weighted by Crippen LogP contribution is 2.38. The monoisotopic (exact) mass is 765 g/mol. The Morgan fingerprint density at radius 1 is 0.317 bits per heavy atom. The van der Waals surface area contributed by atoms with Gasteiger partial charge in [-0.25, -0.2) is 9.97 Å². The van der Waals surface area contributed by atoms with Crippen molar-refractivity contribution in [2.75, 3.05) is 0 Å². The maximum absolute atomic E-state index is 5.35. The fourth-order valence-corrected chi connectivity index (χ4v) is 8.94. The number of benzene rings is 8. The first-order valence-electron chi connectivity index (χ1n) is 20.3. The normalized spacial score (nSPS) is 11.7. The van der Waals surface area contributed by atoms with E-state index < -0.39 is 0 Å². The standard InChI is InChI=1S/C55H35N5/c1-2-13-39(14-3-1)55-57-49(38-26-24-36(25-27-38)40-29-28-37-15-12-30-56-48(37)33-40)35-50(58-55)41-31-42(59-51-20-8-4-16-44(51)45-17-5-9-21-52(45)59)34-43(32-41)60-53-22-10-6-18-46(53)47-19-7-11-23-54(47)60/h1-35H. The quantitative estimate of drug-likeness (QED) is 0.169. The highest BCUT2D eigenvalue weighted by atomic mass is 15.0. The lowest BCUT2D eigenvalue weighted by atomic mass is 10.0. The number of rotatable bonds is 6. The summed E-state index contributed by atoms with van der Waals surface area (Å²) in [4.78, 5) is 15.2. The molecule has 12 rings (SSSR count). The minimum atomic E-state index is 0.675. The molecule has 0 bridgehead atoms. The molecule has 12 aromatic rings. The molecule has 0 radical (unpaired) electrons. The van der Waals surface area contributed by atoms with E-state index in [1.165, 1.54) is 21.5 Å². The molecule has 0 fully saturated rings. The fraction of sp³-hybridized carbons (Fsp3) is 0. The number of hydrogen-bond donors (Lipinski definition) is 0. The molecule has 0 atom stereocenters. The van der Waals surface area contributed by atoms with Gasteiger partial charge in [0.15, 0.2) is 5.82 Å². The van der Waals surface area contributed by atoms with E-state index in [4.69, 9.17) is 9.97 Å². The van der Waals surface area contributed by atoms with Gasteiger partial charge in [-0.1, -0.05) is 146 Å². The molecular formula is C55H35N5. The second-order valence-corrected chi connectivity index (χ2v) is 15.3. The maximum atomic E-state index is 5.35. The molecule has 5 heteroatoms. The molecule has 0 aliphatic heterocycles. The molecule has 0 aliphatic carbocycles. The van der Waals surface area contributed by atoms with Gasteiger partial charge in [-0.2, -0.15) is 0 Å². The Hall–Kier alpha value is -8.15. The van der Waals surface area contributed by atoms with Gasteiger partial charge in [0.2, 0.25) is 0 Å². The summed E-state index contributed by atoms with van der Waals surface area (Å²) in [7, 11) is 0. The average molecular weight is 766 g/mol. The molecule has 4 heterocycles. The number of nitrogens with zero attached hydrogens (tertiary/aromatic N) is 5. The van der Waals surface area contributed by atoms with Crippen LogP contribution in [-0.4, -0.2) is 24.1 Å². The van der Waals surface area contributed by atoms with E-state index in [-0.39, 0.29) is 0 Å². The molecule has 280 valence electrons. The molecule has 0 unspecified atom stereocenters. The van der Waals surface area contributed by atoms with E-state index in [1.54, 1.807) is 0 Å². The summed E-state index contributed by atoms with van der Waals surface area (Å²) < 4.78 is 4.79. The first-order chi connectivity index (χ1) is 29.7. The molecule has 5 nitrogen and oxygen atoms in total.